The lowest BCUT2D eigenvalue weighted by Crippen LogP contribution is -2.24. The van der Waals surface area contributed by atoms with E-state index >= 15 is 0 Å². The molecule has 0 saturated heterocycles. The average Bonchev–Trinajstić information content (AvgIpc) is 2.31. The maximum Gasteiger partial charge on any atom is 0.277 e. The second-order valence-corrected chi connectivity index (χ2v) is 3.86. The van der Waals surface area contributed by atoms with Crippen LogP contribution in [0.4, 0.5) is 0 Å². The van der Waals surface area contributed by atoms with Crippen molar-refractivity contribution in [3.05, 3.63) is 28.8 Å². The topological polar surface area (TPSA) is 50.7 Å². The summed E-state index contributed by atoms with van der Waals surface area (Å²) in [5.74, 6) is 0.323. The van der Waals surface area contributed by atoms with E-state index in [1.54, 1.807) is 24.4 Å². The number of amides is 1. The molecule has 1 aromatic carbocycles. The Morgan fingerprint density at radius 3 is 3.00 bits per heavy atom. The van der Waals surface area contributed by atoms with E-state index in [1.165, 1.54) is 0 Å². The van der Waals surface area contributed by atoms with Gasteiger partial charge in [0.05, 0.1) is 0 Å². The van der Waals surface area contributed by atoms with Gasteiger partial charge in [0.1, 0.15) is 5.75 Å². The van der Waals surface area contributed by atoms with E-state index in [4.69, 9.17) is 16.3 Å². The van der Waals surface area contributed by atoms with Gasteiger partial charge in [-0.15, -0.1) is 0 Å². The molecule has 0 aromatic heterocycles. The van der Waals surface area contributed by atoms with E-state index < -0.39 is 0 Å². The fourth-order valence-corrected chi connectivity index (χ4v) is 1.21. The third-order valence-corrected chi connectivity index (χ3v) is 2.39. The van der Waals surface area contributed by atoms with Gasteiger partial charge < -0.3 is 4.74 Å². The normalized spacial score (nSPS) is 10.5. The van der Waals surface area contributed by atoms with Crippen molar-refractivity contribution >= 4 is 23.7 Å². The molecule has 0 aliphatic carbocycles. The van der Waals surface area contributed by atoms with Gasteiger partial charge >= 0.3 is 0 Å². The molecule has 92 valence electrons. The summed E-state index contributed by atoms with van der Waals surface area (Å²) in [5, 5.41) is 4.38. The predicted molar refractivity (Wildman–Crippen MR) is 68.6 cm³/mol. The van der Waals surface area contributed by atoms with Gasteiger partial charge in [0.2, 0.25) is 0 Å². The Hall–Kier alpha value is -1.55. The Kier molecular flexibility index (Phi) is 5.49. The zero-order valence-electron chi connectivity index (χ0n) is 9.87. The molecule has 0 radical (unpaired) electrons. The minimum atomic E-state index is -0.290. The summed E-state index contributed by atoms with van der Waals surface area (Å²) in [6, 6.07) is 5.24. The van der Waals surface area contributed by atoms with Crippen LogP contribution < -0.4 is 10.2 Å². The molecule has 0 spiro atoms. The number of halogens is 1. The third kappa shape index (κ3) is 4.87. The summed E-state index contributed by atoms with van der Waals surface area (Å²) in [5.41, 5.74) is 3.27. The number of aryl methyl sites for hydroxylation is 1. The zero-order chi connectivity index (χ0) is 12.7. The van der Waals surface area contributed by atoms with Crippen LogP contribution in [0, 0.1) is 6.92 Å². The third-order valence-electron chi connectivity index (χ3n) is 1.96. The van der Waals surface area contributed by atoms with Crippen molar-refractivity contribution in [3.8, 4) is 5.75 Å². The largest absolute Gasteiger partial charge is 0.484 e. The highest BCUT2D eigenvalue weighted by Crippen LogP contribution is 2.20. The van der Waals surface area contributed by atoms with Crippen molar-refractivity contribution in [2.24, 2.45) is 5.10 Å². The van der Waals surface area contributed by atoms with Crippen LogP contribution >= 0.6 is 11.6 Å². The van der Waals surface area contributed by atoms with Gasteiger partial charge in [-0.05, 0) is 37.1 Å². The Bertz CT molecular complexity index is 419. The van der Waals surface area contributed by atoms with Crippen molar-refractivity contribution in [1.29, 1.82) is 0 Å². The molecule has 0 fully saturated rings. The summed E-state index contributed by atoms with van der Waals surface area (Å²) in [6.07, 6.45) is 2.39. The quantitative estimate of drug-likeness (QED) is 0.649. The van der Waals surface area contributed by atoms with E-state index in [1.807, 2.05) is 13.8 Å². The molecule has 0 saturated carbocycles. The average molecular weight is 255 g/mol. The summed E-state index contributed by atoms with van der Waals surface area (Å²) >= 11 is 5.87. The number of carbonyl (C=O) groups excluding carboxylic acids is 1. The maximum atomic E-state index is 11.3. The molecule has 5 heteroatoms. The van der Waals surface area contributed by atoms with Gasteiger partial charge in [-0.25, -0.2) is 5.43 Å². The minimum absolute atomic E-state index is 0.0673. The van der Waals surface area contributed by atoms with E-state index in [0.29, 0.717) is 10.8 Å². The van der Waals surface area contributed by atoms with Gasteiger partial charge in [0.25, 0.3) is 5.91 Å². The molecule has 0 atom stereocenters. The molecule has 1 N–H and O–H groups in total. The zero-order valence-corrected chi connectivity index (χ0v) is 10.6. The monoisotopic (exact) mass is 254 g/mol. The Morgan fingerprint density at radius 2 is 2.35 bits per heavy atom. The smallest absolute Gasteiger partial charge is 0.277 e. The molecule has 1 aromatic rings. The van der Waals surface area contributed by atoms with Crippen LogP contribution in [0.3, 0.4) is 0 Å². The van der Waals surface area contributed by atoms with E-state index in [2.05, 4.69) is 10.5 Å². The number of nitrogens with zero attached hydrogens (tertiary/aromatic N) is 1. The number of hydrazone groups is 1. The highest BCUT2D eigenvalue weighted by Gasteiger charge is 2.02. The number of hydrogen-bond donors (Lipinski definition) is 1. The molecule has 0 unspecified atom stereocenters. The van der Waals surface area contributed by atoms with Crippen LogP contribution in [0.25, 0.3) is 0 Å². The van der Waals surface area contributed by atoms with Gasteiger partial charge in [-0.2, -0.15) is 5.10 Å². The van der Waals surface area contributed by atoms with Crippen molar-refractivity contribution in [2.75, 3.05) is 6.61 Å². The molecule has 0 aliphatic heterocycles. The molecule has 1 amide bonds. The van der Waals surface area contributed by atoms with Gasteiger partial charge in [-0.3, -0.25) is 4.79 Å². The minimum Gasteiger partial charge on any atom is -0.484 e. The highest BCUT2D eigenvalue weighted by atomic mass is 35.5. The van der Waals surface area contributed by atoms with Crippen molar-refractivity contribution in [1.82, 2.24) is 5.43 Å². The molecule has 4 nitrogen and oxygen atoms in total. The number of rotatable bonds is 5. The second kappa shape index (κ2) is 6.91. The van der Waals surface area contributed by atoms with Crippen LogP contribution in [-0.4, -0.2) is 18.7 Å². The van der Waals surface area contributed by atoms with Crippen LogP contribution in [-0.2, 0) is 4.79 Å². The first-order valence-corrected chi connectivity index (χ1v) is 5.70. The first-order valence-electron chi connectivity index (χ1n) is 5.32. The lowest BCUT2D eigenvalue weighted by Gasteiger charge is -2.06. The SMILES string of the molecule is CC/C=N/NC(=O)COc1ccc(Cl)c(C)c1. The van der Waals surface area contributed by atoms with Crippen LogP contribution in [0.2, 0.25) is 5.02 Å². The van der Waals surface area contributed by atoms with Crippen LogP contribution in [0.1, 0.15) is 18.9 Å². The summed E-state index contributed by atoms with van der Waals surface area (Å²) in [4.78, 5) is 11.3. The van der Waals surface area contributed by atoms with Gasteiger partial charge in [-0.1, -0.05) is 18.5 Å². The summed E-state index contributed by atoms with van der Waals surface area (Å²) < 4.78 is 5.29. The summed E-state index contributed by atoms with van der Waals surface area (Å²) in [6.45, 7) is 3.74. The Morgan fingerprint density at radius 1 is 1.59 bits per heavy atom. The second-order valence-electron chi connectivity index (χ2n) is 3.45. The molecule has 17 heavy (non-hydrogen) atoms. The van der Waals surface area contributed by atoms with Gasteiger partial charge in [0, 0.05) is 11.2 Å². The Labute approximate surface area is 106 Å². The van der Waals surface area contributed by atoms with E-state index in [0.717, 1.165) is 12.0 Å². The fourth-order valence-electron chi connectivity index (χ4n) is 1.10. The lowest BCUT2D eigenvalue weighted by molar-refractivity contribution is -0.123. The molecular weight excluding hydrogens is 240 g/mol. The number of hydrogen-bond acceptors (Lipinski definition) is 3. The first-order chi connectivity index (χ1) is 8.13. The molecule has 0 bridgehead atoms. The fraction of sp³-hybridized carbons (Fsp3) is 0.333. The van der Waals surface area contributed by atoms with Crippen molar-refractivity contribution in [2.45, 2.75) is 20.3 Å². The molecule has 0 heterocycles. The van der Waals surface area contributed by atoms with E-state index in [-0.39, 0.29) is 12.5 Å². The predicted octanol–water partition coefficient (Wildman–Crippen LogP) is 2.54. The standard InChI is InChI=1S/C12H15ClN2O2/c1-3-6-14-15-12(16)8-17-10-4-5-11(13)9(2)7-10/h4-7H,3,8H2,1-2H3,(H,15,16)/b14-6+. The number of ether oxygens (including phenoxy) is 1. The van der Waals surface area contributed by atoms with Crippen LogP contribution in [0.15, 0.2) is 23.3 Å². The number of nitrogens with one attached hydrogen (secondary N) is 1. The lowest BCUT2D eigenvalue weighted by atomic mass is 10.2. The molecule has 1 rings (SSSR count). The number of benzene rings is 1. The molecular formula is C12H15ClN2O2. The highest BCUT2D eigenvalue weighted by molar-refractivity contribution is 6.31. The van der Waals surface area contributed by atoms with E-state index in [9.17, 15) is 4.79 Å². The number of carbonyl (C=O) groups is 1. The van der Waals surface area contributed by atoms with Gasteiger partial charge in [0.15, 0.2) is 6.61 Å². The van der Waals surface area contributed by atoms with Crippen molar-refractivity contribution < 1.29 is 9.53 Å². The summed E-state index contributed by atoms with van der Waals surface area (Å²) in [7, 11) is 0. The molecule has 0 aliphatic rings. The van der Waals surface area contributed by atoms with Crippen LogP contribution in [0.5, 0.6) is 5.75 Å². The van der Waals surface area contributed by atoms with Crippen molar-refractivity contribution in [3.63, 3.8) is 0 Å². The Balaban J connectivity index is 2.42. The maximum absolute atomic E-state index is 11.3. The first kappa shape index (κ1) is 13.5.